The number of nitrogens with zero attached hydrogens (tertiary/aromatic N) is 1. The van der Waals surface area contributed by atoms with Gasteiger partial charge < -0.3 is 20.6 Å². The van der Waals surface area contributed by atoms with E-state index in [-0.39, 0.29) is 18.2 Å². The van der Waals surface area contributed by atoms with Crippen LogP contribution in [-0.4, -0.2) is 54.4 Å². The summed E-state index contributed by atoms with van der Waals surface area (Å²) in [6, 6.07) is -0.0610. The van der Waals surface area contributed by atoms with Crippen LogP contribution in [0.4, 0.5) is 4.79 Å². The molecule has 1 aliphatic heterocycles. The largest absolute Gasteiger partial charge is 0.396 e. The van der Waals surface area contributed by atoms with Crippen molar-refractivity contribution in [2.24, 2.45) is 11.8 Å². The maximum absolute atomic E-state index is 12.1. The molecule has 2 aliphatic rings. The molecule has 1 unspecified atom stereocenters. The van der Waals surface area contributed by atoms with Crippen molar-refractivity contribution in [1.29, 1.82) is 0 Å². The summed E-state index contributed by atoms with van der Waals surface area (Å²) in [5, 5.41) is 15.3. The van der Waals surface area contributed by atoms with Crippen LogP contribution >= 0.6 is 0 Å². The summed E-state index contributed by atoms with van der Waals surface area (Å²) >= 11 is 0. The fourth-order valence-corrected chi connectivity index (χ4v) is 3.78. The number of aliphatic hydroxyl groups is 1. The maximum atomic E-state index is 12.1. The number of urea groups is 1. The molecule has 1 heterocycles. The number of nitrogens with one attached hydrogen (secondary N) is 2. The van der Waals surface area contributed by atoms with E-state index in [1.165, 1.54) is 19.4 Å². The van der Waals surface area contributed by atoms with Crippen molar-refractivity contribution in [2.45, 2.75) is 57.9 Å². The molecule has 0 bridgehead atoms. The predicted molar refractivity (Wildman–Crippen MR) is 88.8 cm³/mol. The Morgan fingerprint density at radius 3 is 2.73 bits per heavy atom. The summed E-state index contributed by atoms with van der Waals surface area (Å²) in [6.45, 7) is 8.87. The lowest BCUT2D eigenvalue weighted by atomic mass is 9.74. The molecule has 128 valence electrons. The highest BCUT2D eigenvalue weighted by molar-refractivity contribution is 5.75. The zero-order valence-electron chi connectivity index (χ0n) is 14.2. The van der Waals surface area contributed by atoms with Crippen LogP contribution < -0.4 is 10.6 Å². The first-order valence-corrected chi connectivity index (χ1v) is 8.92. The fourth-order valence-electron chi connectivity index (χ4n) is 3.78. The van der Waals surface area contributed by atoms with E-state index in [2.05, 4.69) is 29.4 Å². The Bertz CT molecular complexity index is 356. The molecule has 0 radical (unpaired) electrons. The van der Waals surface area contributed by atoms with Crippen molar-refractivity contribution < 1.29 is 9.90 Å². The third-order valence-corrected chi connectivity index (χ3v) is 5.06. The summed E-state index contributed by atoms with van der Waals surface area (Å²) in [5.41, 5.74) is -0.144. The van der Waals surface area contributed by atoms with E-state index in [1.807, 2.05) is 0 Å². The number of likely N-dealkylation sites (tertiary alicyclic amines) is 1. The van der Waals surface area contributed by atoms with Gasteiger partial charge in [0.25, 0.3) is 0 Å². The number of aliphatic hydroxyl groups excluding tert-OH is 1. The number of amides is 2. The second kappa shape index (κ2) is 8.16. The third kappa shape index (κ3) is 5.13. The van der Waals surface area contributed by atoms with Crippen molar-refractivity contribution in [3.63, 3.8) is 0 Å². The Balaban J connectivity index is 1.69. The molecule has 0 spiro atoms. The van der Waals surface area contributed by atoms with Crippen LogP contribution in [0.2, 0.25) is 0 Å². The van der Waals surface area contributed by atoms with E-state index in [1.54, 1.807) is 0 Å². The van der Waals surface area contributed by atoms with Crippen LogP contribution in [0.25, 0.3) is 0 Å². The van der Waals surface area contributed by atoms with Crippen LogP contribution in [0.15, 0.2) is 0 Å². The average Bonchev–Trinajstić information content (AvgIpc) is 2.42. The first kappa shape index (κ1) is 17.5. The van der Waals surface area contributed by atoms with E-state index in [9.17, 15) is 4.79 Å². The highest BCUT2D eigenvalue weighted by Crippen LogP contribution is 2.34. The fraction of sp³-hybridized carbons (Fsp3) is 0.941. The molecular formula is C17H33N3O2. The standard InChI is InChI=1S/C17H33N3O2/c1-14(2)12-20-9-3-5-15(13-20)11-18-16(22)19-17(8-10-21)6-4-7-17/h14-15,21H,3-13H2,1-2H3,(H2,18,19,22). The number of rotatable bonds is 7. The predicted octanol–water partition coefficient (Wildman–Crippen LogP) is 1.96. The van der Waals surface area contributed by atoms with Crippen LogP contribution in [0.5, 0.6) is 0 Å². The second-order valence-electron chi connectivity index (χ2n) is 7.60. The van der Waals surface area contributed by atoms with Gasteiger partial charge >= 0.3 is 6.03 Å². The highest BCUT2D eigenvalue weighted by atomic mass is 16.3. The zero-order valence-corrected chi connectivity index (χ0v) is 14.2. The molecule has 0 aromatic heterocycles. The third-order valence-electron chi connectivity index (χ3n) is 5.06. The van der Waals surface area contributed by atoms with Gasteiger partial charge in [0.1, 0.15) is 0 Å². The number of hydrogen-bond donors (Lipinski definition) is 3. The topological polar surface area (TPSA) is 64.6 Å². The molecule has 3 N–H and O–H groups in total. The van der Waals surface area contributed by atoms with Gasteiger partial charge in [-0.3, -0.25) is 0 Å². The Hall–Kier alpha value is -0.810. The lowest BCUT2D eigenvalue weighted by Gasteiger charge is -2.42. The molecule has 2 fully saturated rings. The van der Waals surface area contributed by atoms with E-state index < -0.39 is 0 Å². The van der Waals surface area contributed by atoms with Gasteiger partial charge in [0.05, 0.1) is 0 Å². The van der Waals surface area contributed by atoms with Crippen molar-refractivity contribution >= 4 is 6.03 Å². The highest BCUT2D eigenvalue weighted by Gasteiger charge is 2.37. The van der Waals surface area contributed by atoms with Gasteiger partial charge in [0.15, 0.2) is 0 Å². The Morgan fingerprint density at radius 1 is 1.36 bits per heavy atom. The normalized spacial score (nSPS) is 24.8. The summed E-state index contributed by atoms with van der Waals surface area (Å²) in [5.74, 6) is 1.26. The van der Waals surface area contributed by atoms with Crippen LogP contribution in [0.3, 0.4) is 0 Å². The number of carbonyl (C=O) groups is 1. The van der Waals surface area contributed by atoms with Gasteiger partial charge in [-0.2, -0.15) is 0 Å². The number of carbonyl (C=O) groups excluding carboxylic acids is 1. The smallest absolute Gasteiger partial charge is 0.315 e. The van der Waals surface area contributed by atoms with Gasteiger partial charge in [0.2, 0.25) is 0 Å². The monoisotopic (exact) mass is 311 g/mol. The zero-order chi connectivity index (χ0) is 16.0. The summed E-state index contributed by atoms with van der Waals surface area (Å²) in [6.07, 6.45) is 6.24. The van der Waals surface area contributed by atoms with E-state index in [0.29, 0.717) is 18.3 Å². The first-order chi connectivity index (χ1) is 10.5. The maximum Gasteiger partial charge on any atom is 0.315 e. The molecule has 22 heavy (non-hydrogen) atoms. The minimum Gasteiger partial charge on any atom is -0.396 e. The first-order valence-electron chi connectivity index (χ1n) is 8.92. The van der Waals surface area contributed by atoms with E-state index >= 15 is 0 Å². The van der Waals surface area contributed by atoms with Crippen LogP contribution in [0, 0.1) is 11.8 Å². The molecule has 2 rings (SSSR count). The Labute approximate surface area is 134 Å². The quantitative estimate of drug-likeness (QED) is 0.673. The molecule has 1 saturated heterocycles. The SMILES string of the molecule is CC(C)CN1CCCC(CNC(=O)NC2(CCO)CCC2)C1. The lowest BCUT2D eigenvalue weighted by Crippen LogP contribution is -2.57. The molecule has 0 aromatic rings. The van der Waals surface area contributed by atoms with Gasteiger partial charge in [-0.05, 0) is 56.9 Å². The summed E-state index contributed by atoms with van der Waals surface area (Å²) in [4.78, 5) is 14.6. The molecule has 1 atom stereocenters. The molecule has 1 aliphatic carbocycles. The summed E-state index contributed by atoms with van der Waals surface area (Å²) in [7, 11) is 0. The molecular weight excluding hydrogens is 278 g/mol. The molecule has 1 saturated carbocycles. The minimum atomic E-state index is -0.144. The van der Waals surface area contributed by atoms with E-state index in [0.717, 1.165) is 38.9 Å². The number of piperidine rings is 1. The molecule has 2 amide bonds. The molecule has 5 heteroatoms. The summed E-state index contributed by atoms with van der Waals surface area (Å²) < 4.78 is 0. The Morgan fingerprint density at radius 2 is 2.14 bits per heavy atom. The second-order valence-corrected chi connectivity index (χ2v) is 7.60. The number of hydrogen-bond acceptors (Lipinski definition) is 3. The van der Waals surface area contributed by atoms with Crippen molar-refractivity contribution in [1.82, 2.24) is 15.5 Å². The van der Waals surface area contributed by atoms with Gasteiger partial charge in [-0.15, -0.1) is 0 Å². The molecule has 0 aromatic carbocycles. The average molecular weight is 311 g/mol. The van der Waals surface area contributed by atoms with Crippen molar-refractivity contribution in [3.8, 4) is 0 Å². The van der Waals surface area contributed by atoms with E-state index in [4.69, 9.17) is 5.11 Å². The minimum absolute atomic E-state index is 0.0610. The Kier molecular flexibility index (Phi) is 6.50. The van der Waals surface area contributed by atoms with Crippen LogP contribution in [-0.2, 0) is 0 Å². The van der Waals surface area contributed by atoms with Crippen molar-refractivity contribution in [3.05, 3.63) is 0 Å². The lowest BCUT2D eigenvalue weighted by molar-refractivity contribution is 0.132. The van der Waals surface area contributed by atoms with Gasteiger partial charge in [0, 0.05) is 31.8 Å². The van der Waals surface area contributed by atoms with Crippen molar-refractivity contribution in [2.75, 3.05) is 32.8 Å². The van der Waals surface area contributed by atoms with Gasteiger partial charge in [-0.1, -0.05) is 13.8 Å². The van der Waals surface area contributed by atoms with Gasteiger partial charge in [-0.25, -0.2) is 4.79 Å². The van der Waals surface area contributed by atoms with Crippen LogP contribution in [0.1, 0.15) is 52.4 Å². The molecule has 5 nitrogen and oxygen atoms in total.